The van der Waals surface area contributed by atoms with Crippen LogP contribution in [0.4, 0.5) is 13.2 Å². The minimum absolute atomic E-state index is 0.0831. The molecule has 2 rings (SSSR count). The van der Waals surface area contributed by atoms with Crippen molar-refractivity contribution in [2.24, 2.45) is 0 Å². The van der Waals surface area contributed by atoms with E-state index in [0.717, 1.165) is 10.9 Å². The van der Waals surface area contributed by atoms with E-state index in [0.29, 0.717) is 11.6 Å². The van der Waals surface area contributed by atoms with E-state index in [-0.39, 0.29) is 6.42 Å². The van der Waals surface area contributed by atoms with Crippen LogP contribution < -0.4 is 0 Å². The lowest BCUT2D eigenvalue weighted by Gasteiger charge is -2.08. The van der Waals surface area contributed by atoms with Crippen molar-refractivity contribution < 1.29 is 13.2 Å². The second kappa shape index (κ2) is 4.61. The van der Waals surface area contributed by atoms with Crippen molar-refractivity contribution >= 4 is 22.5 Å². The second-order valence-corrected chi connectivity index (χ2v) is 4.31. The van der Waals surface area contributed by atoms with E-state index in [1.165, 1.54) is 0 Å². The monoisotopic (exact) mass is 261 g/mol. The van der Waals surface area contributed by atoms with E-state index in [9.17, 15) is 13.2 Å². The predicted octanol–water partition coefficient (Wildman–Crippen LogP) is 4.64. The highest BCUT2D eigenvalue weighted by Crippen LogP contribution is 2.26. The first-order chi connectivity index (χ1) is 7.97. The third kappa shape index (κ3) is 2.94. The maximum absolute atomic E-state index is 12.0. The molecule has 0 spiro atoms. The van der Waals surface area contributed by atoms with Gasteiger partial charge in [0.25, 0.3) is 0 Å². The van der Waals surface area contributed by atoms with Gasteiger partial charge in [-0.05, 0) is 24.6 Å². The van der Waals surface area contributed by atoms with E-state index in [2.05, 4.69) is 0 Å². The van der Waals surface area contributed by atoms with Crippen molar-refractivity contribution in [2.75, 3.05) is 0 Å². The molecule has 17 heavy (non-hydrogen) atoms. The van der Waals surface area contributed by atoms with Crippen LogP contribution in [0, 0.1) is 0 Å². The number of fused-ring (bicyclic) bond motifs is 1. The molecule has 0 N–H and O–H groups in total. The zero-order chi connectivity index (χ0) is 12.5. The minimum atomic E-state index is -4.08. The number of benzene rings is 1. The van der Waals surface area contributed by atoms with Crippen molar-refractivity contribution in [1.82, 2.24) is 4.57 Å². The molecule has 0 saturated heterocycles. The highest BCUT2D eigenvalue weighted by Gasteiger charge is 2.26. The lowest BCUT2D eigenvalue weighted by Crippen LogP contribution is -2.08. The molecule has 1 heterocycles. The number of hydrogen-bond donors (Lipinski definition) is 0. The molecule has 1 nitrogen and oxygen atoms in total. The summed E-state index contributed by atoms with van der Waals surface area (Å²) in [6, 6.07) is 7.24. The van der Waals surface area contributed by atoms with E-state index >= 15 is 0 Å². The highest BCUT2D eigenvalue weighted by molar-refractivity contribution is 6.35. The van der Waals surface area contributed by atoms with Crippen molar-refractivity contribution in [3.05, 3.63) is 35.5 Å². The van der Waals surface area contributed by atoms with Gasteiger partial charge in [0.05, 0.1) is 0 Å². The first-order valence-corrected chi connectivity index (χ1v) is 5.65. The SMILES string of the molecule is FC(F)(F)CCCn1ccc2c(Cl)cccc21. The van der Waals surface area contributed by atoms with Gasteiger partial charge in [0.2, 0.25) is 0 Å². The van der Waals surface area contributed by atoms with Crippen LogP contribution in [0.15, 0.2) is 30.5 Å². The Labute approximate surface area is 102 Å². The van der Waals surface area contributed by atoms with E-state index in [1.807, 2.05) is 12.1 Å². The maximum Gasteiger partial charge on any atom is 0.389 e. The number of aryl methyl sites for hydroxylation is 1. The first-order valence-electron chi connectivity index (χ1n) is 5.27. The van der Waals surface area contributed by atoms with Gasteiger partial charge in [0.1, 0.15) is 0 Å². The summed E-state index contributed by atoms with van der Waals surface area (Å²) in [6.07, 6.45) is -2.99. The molecule has 0 radical (unpaired) electrons. The summed E-state index contributed by atoms with van der Waals surface area (Å²) in [5, 5.41) is 1.50. The molecule has 1 aromatic carbocycles. The Morgan fingerprint density at radius 2 is 1.94 bits per heavy atom. The normalized spacial score (nSPS) is 12.2. The van der Waals surface area contributed by atoms with Crippen LogP contribution in [0.25, 0.3) is 10.9 Å². The van der Waals surface area contributed by atoms with Crippen LogP contribution in [0.3, 0.4) is 0 Å². The number of nitrogens with zero attached hydrogens (tertiary/aromatic N) is 1. The number of halogens is 4. The fourth-order valence-electron chi connectivity index (χ4n) is 1.83. The quantitative estimate of drug-likeness (QED) is 0.759. The molecule has 0 amide bonds. The molecule has 2 aromatic rings. The molecule has 1 aromatic heterocycles. The third-order valence-corrected chi connectivity index (χ3v) is 2.95. The predicted molar refractivity (Wildman–Crippen MR) is 62.2 cm³/mol. The third-order valence-electron chi connectivity index (χ3n) is 2.62. The standard InChI is InChI=1S/C12H11ClF3N/c13-10-3-1-4-11-9(10)5-8-17(11)7-2-6-12(14,15)16/h1,3-5,8H,2,6-7H2. The lowest BCUT2D eigenvalue weighted by atomic mass is 10.2. The van der Waals surface area contributed by atoms with E-state index in [1.54, 1.807) is 22.9 Å². The molecule has 0 fully saturated rings. The van der Waals surface area contributed by atoms with Crippen LogP contribution in [0.5, 0.6) is 0 Å². The smallest absolute Gasteiger partial charge is 0.347 e. The second-order valence-electron chi connectivity index (χ2n) is 3.90. The number of aromatic nitrogens is 1. The lowest BCUT2D eigenvalue weighted by molar-refractivity contribution is -0.135. The molecule has 92 valence electrons. The number of rotatable bonds is 3. The Bertz CT molecular complexity index is 516. The molecular weight excluding hydrogens is 251 g/mol. The summed E-state index contributed by atoms with van der Waals surface area (Å²) in [7, 11) is 0. The van der Waals surface area contributed by atoms with Crippen molar-refractivity contribution in [3.63, 3.8) is 0 Å². The summed E-state index contributed by atoms with van der Waals surface area (Å²) in [5.74, 6) is 0. The largest absolute Gasteiger partial charge is 0.389 e. The molecule has 5 heteroatoms. The van der Waals surface area contributed by atoms with Crippen LogP contribution >= 0.6 is 11.6 Å². The number of hydrogen-bond acceptors (Lipinski definition) is 0. The molecule has 0 saturated carbocycles. The fourth-order valence-corrected chi connectivity index (χ4v) is 2.06. The average molecular weight is 262 g/mol. The molecule has 0 aliphatic rings. The van der Waals surface area contributed by atoms with Crippen molar-refractivity contribution in [2.45, 2.75) is 25.6 Å². The van der Waals surface area contributed by atoms with Gasteiger partial charge in [0.15, 0.2) is 0 Å². The van der Waals surface area contributed by atoms with Gasteiger partial charge in [-0.25, -0.2) is 0 Å². The highest BCUT2D eigenvalue weighted by atomic mass is 35.5. The molecule has 0 atom stereocenters. The Balaban J connectivity index is 2.12. The van der Waals surface area contributed by atoms with Gasteiger partial charge < -0.3 is 4.57 Å². The van der Waals surface area contributed by atoms with Gasteiger partial charge in [-0.15, -0.1) is 0 Å². The zero-order valence-corrected chi connectivity index (χ0v) is 9.72. The first kappa shape index (κ1) is 12.3. The van der Waals surface area contributed by atoms with Gasteiger partial charge in [-0.2, -0.15) is 13.2 Å². The molecule has 0 aliphatic carbocycles. The van der Waals surface area contributed by atoms with Crippen LogP contribution in [0.1, 0.15) is 12.8 Å². The zero-order valence-electron chi connectivity index (χ0n) is 8.97. The Morgan fingerprint density at radius 3 is 2.65 bits per heavy atom. The van der Waals surface area contributed by atoms with Gasteiger partial charge in [-0.1, -0.05) is 17.7 Å². The molecule has 0 aliphatic heterocycles. The number of alkyl halides is 3. The minimum Gasteiger partial charge on any atom is -0.347 e. The van der Waals surface area contributed by atoms with Gasteiger partial charge in [0, 0.05) is 35.1 Å². The van der Waals surface area contributed by atoms with Gasteiger partial charge >= 0.3 is 6.18 Å². The molecule has 0 unspecified atom stereocenters. The summed E-state index contributed by atoms with van der Waals surface area (Å²) in [4.78, 5) is 0. The summed E-state index contributed by atoms with van der Waals surface area (Å²) < 4.78 is 37.9. The van der Waals surface area contributed by atoms with Crippen LogP contribution in [-0.2, 0) is 6.54 Å². The van der Waals surface area contributed by atoms with E-state index in [4.69, 9.17) is 11.6 Å². The molecule has 0 bridgehead atoms. The topological polar surface area (TPSA) is 4.93 Å². The van der Waals surface area contributed by atoms with Crippen LogP contribution in [0.2, 0.25) is 5.02 Å². The van der Waals surface area contributed by atoms with Crippen LogP contribution in [-0.4, -0.2) is 10.7 Å². The Hall–Kier alpha value is -1.16. The van der Waals surface area contributed by atoms with Gasteiger partial charge in [-0.3, -0.25) is 0 Å². The fraction of sp³-hybridized carbons (Fsp3) is 0.333. The maximum atomic E-state index is 12.0. The Morgan fingerprint density at radius 1 is 1.18 bits per heavy atom. The average Bonchev–Trinajstić information content (AvgIpc) is 2.61. The summed E-state index contributed by atoms with van der Waals surface area (Å²) in [6.45, 7) is 0.351. The van der Waals surface area contributed by atoms with E-state index < -0.39 is 12.6 Å². The van der Waals surface area contributed by atoms with Crippen molar-refractivity contribution in [3.8, 4) is 0 Å². The Kier molecular flexibility index (Phi) is 3.33. The summed E-state index contributed by atoms with van der Waals surface area (Å²) >= 11 is 5.98. The molecular formula is C12H11ClF3N. The van der Waals surface area contributed by atoms with Crippen molar-refractivity contribution in [1.29, 1.82) is 0 Å². The summed E-state index contributed by atoms with van der Waals surface area (Å²) in [5.41, 5.74) is 0.875.